The molecular weight excluding hydrogens is 312 g/mol. The van der Waals surface area contributed by atoms with Crippen molar-refractivity contribution in [3.8, 4) is 5.75 Å². The van der Waals surface area contributed by atoms with Gasteiger partial charge in [0.1, 0.15) is 5.75 Å². The zero-order valence-corrected chi connectivity index (χ0v) is 14.4. The molecule has 0 spiro atoms. The number of rotatable bonds is 7. The Bertz CT molecular complexity index is 713. The number of sulfonamides is 1. The summed E-state index contributed by atoms with van der Waals surface area (Å²) in [5, 5.41) is 0. The molecule has 0 aromatic heterocycles. The van der Waals surface area contributed by atoms with E-state index in [-0.39, 0.29) is 10.9 Å². The van der Waals surface area contributed by atoms with E-state index in [0.29, 0.717) is 12.3 Å². The lowest BCUT2D eigenvalue weighted by Gasteiger charge is -2.25. The lowest BCUT2D eigenvalue weighted by Crippen LogP contribution is -2.34. The van der Waals surface area contributed by atoms with Gasteiger partial charge in [-0.3, -0.25) is 0 Å². The molecule has 5 nitrogen and oxygen atoms in total. The summed E-state index contributed by atoms with van der Waals surface area (Å²) >= 11 is 0. The molecule has 1 unspecified atom stereocenters. The Hall–Kier alpha value is -1.89. The maximum atomic E-state index is 12.4. The van der Waals surface area contributed by atoms with Gasteiger partial charge in [0, 0.05) is 12.6 Å². The second kappa shape index (κ2) is 7.59. The fraction of sp³-hybridized carbons (Fsp3) is 0.294. The minimum atomic E-state index is -3.55. The number of hydrogen-bond donors (Lipinski definition) is 1. The maximum Gasteiger partial charge on any atom is 0.240 e. The average Bonchev–Trinajstić information content (AvgIpc) is 2.55. The van der Waals surface area contributed by atoms with Crippen LogP contribution in [0.5, 0.6) is 5.75 Å². The first kappa shape index (κ1) is 17.5. The minimum absolute atomic E-state index is 0.0378. The van der Waals surface area contributed by atoms with E-state index in [1.165, 1.54) is 12.1 Å². The summed E-state index contributed by atoms with van der Waals surface area (Å²) in [5.74, 6) is 0.624. The Kier molecular flexibility index (Phi) is 5.76. The van der Waals surface area contributed by atoms with E-state index in [9.17, 15) is 8.42 Å². The molecule has 23 heavy (non-hydrogen) atoms. The van der Waals surface area contributed by atoms with Crippen LogP contribution in [0.3, 0.4) is 0 Å². The van der Waals surface area contributed by atoms with Crippen molar-refractivity contribution in [3.05, 3.63) is 60.2 Å². The zero-order chi connectivity index (χ0) is 16.9. The fourth-order valence-corrected chi connectivity index (χ4v) is 3.34. The Balaban J connectivity index is 2.12. The summed E-state index contributed by atoms with van der Waals surface area (Å²) in [6.07, 6.45) is 0. The predicted octanol–water partition coefficient (Wildman–Crippen LogP) is 2.28. The van der Waals surface area contributed by atoms with E-state index in [2.05, 4.69) is 4.72 Å². The molecule has 1 N–H and O–H groups in total. The number of nitrogens with zero attached hydrogens (tertiary/aromatic N) is 1. The summed E-state index contributed by atoms with van der Waals surface area (Å²) < 4.78 is 32.6. The Morgan fingerprint density at radius 2 is 1.65 bits per heavy atom. The van der Waals surface area contributed by atoms with Crippen molar-refractivity contribution in [2.75, 3.05) is 27.7 Å². The predicted molar refractivity (Wildman–Crippen MR) is 91.1 cm³/mol. The monoisotopic (exact) mass is 334 g/mol. The van der Waals surface area contributed by atoms with Crippen LogP contribution in [0.25, 0.3) is 0 Å². The first-order chi connectivity index (χ1) is 10.9. The third kappa shape index (κ3) is 4.54. The van der Waals surface area contributed by atoms with Crippen LogP contribution in [-0.2, 0) is 10.0 Å². The molecule has 0 bridgehead atoms. The second-order valence-corrected chi connectivity index (χ2v) is 7.18. The van der Waals surface area contributed by atoms with Crippen LogP contribution in [-0.4, -0.2) is 41.1 Å². The molecule has 0 aliphatic carbocycles. The standard InChI is InChI=1S/C17H22N2O3S/c1-19(2)17(14-7-5-4-6-8-14)13-18-23(20,21)16-11-9-15(22-3)10-12-16/h4-12,17-18H,13H2,1-3H3. The molecule has 6 heteroatoms. The largest absolute Gasteiger partial charge is 0.497 e. The van der Waals surface area contributed by atoms with E-state index in [1.54, 1.807) is 19.2 Å². The van der Waals surface area contributed by atoms with Gasteiger partial charge in [0.05, 0.1) is 12.0 Å². The topological polar surface area (TPSA) is 58.6 Å². The van der Waals surface area contributed by atoms with Gasteiger partial charge >= 0.3 is 0 Å². The highest BCUT2D eigenvalue weighted by atomic mass is 32.2. The van der Waals surface area contributed by atoms with Gasteiger partial charge in [-0.2, -0.15) is 0 Å². The number of likely N-dealkylation sites (N-methyl/N-ethyl adjacent to an activating group) is 1. The van der Waals surface area contributed by atoms with Crippen LogP contribution in [0.15, 0.2) is 59.5 Å². The molecule has 0 saturated carbocycles. The quantitative estimate of drug-likeness (QED) is 0.844. The number of benzene rings is 2. The summed E-state index contributed by atoms with van der Waals surface area (Å²) in [6, 6.07) is 16.1. The van der Waals surface area contributed by atoms with E-state index >= 15 is 0 Å². The van der Waals surface area contributed by atoms with Crippen LogP contribution in [0, 0.1) is 0 Å². The summed E-state index contributed by atoms with van der Waals surface area (Å²) in [6.45, 7) is 0.297. The highest BCUT2D eigenvalue weighted by molar-refractivity contribution is 7.89. The first-order valence-electron chi connectivity index (χ1n) is 7.29. The molecular formula is C17H22N2O3S. The van der Waals surface area contributed by atoms with Crippen LogP contribution in [0.2, 0.25) is 0 Å². The fourth-order valence-electron chi connectivity index (χ4n) is 2.30. The molecule has 0 aliphatic rings. The average molecular weight is 334 g/mol. The van der Waals surface area contributed by atoms with Crippen LogP contribution < -0.4 is 9.46 Å². The highest BCUT2D eigenvalue weighted by Gasteiger charge is 2.19. The first-order valence-corrected chi connectivity index (χ1v) is 8.77. The maximum absolute atomic E-state index is 12.4. The van der Waals surface area contributed by atoms with Gasteiger partial charge in [-0.15, -0.1) is 0 Å². The van der Waals surface area contributed by atoms with E-state index in [1.807, 2.05) is 49.3 Å². The van der Waals surface area contributed by atoms with Crippen molar-refractivity contribution in [3.63, 3.8) is 0 Å². The van der Waals surface area contributed by atoms with Gasteiger partial charge < -0.3 is 9.64 Å². The molecule has 2 aromatic rings. The second-order valence-electron chi connectivity index (χ2n) is 5.42. The smallest absolute Gasteiger partial charge is 0.240 e. The number of ether oxygens (including phenoxy) is 1. The molecule has 0 saturated heterocycles. The van der Waals surface area contributed by atoms with Gasteiger partial charge in [0.2, 0.25) is 10.0 Å². The Morgan fingerprint density at radius 3 is 2.17 bits per heavy atom. The van der Waals surface area contributed by atoms with Gasteiger partial charge in [-0.1, -0.05) is 30.3 Å². The summed E-state index contributed by atoms with van der Waals surface area (Å²) in [4.78, 5) is 2.22. The third-order valence-corrected chi connectivity index (χ3v) is 5.08. The Morgan fingerprint density at radius 1 is 1.04 bits per heavy atom. The number of nitrogens with one attached hydrogen (secondary N) is 1. The van der Waals surface area contributed by atoms with E-state index in [0.717, 1.165) is 5.56 Å². The highest BCUT2D eigenvalue weighted by Crippen LogP contribution is 2.19. The molecule has 124 valence electrons. The third-order valence-electron chi connectivity index (χ3n) is 3.64. The number of hydrogen-bond acceptors (Lipinski definition) is 4. The van der Waals surface area contributed by atoms with E-state index < -0.39 is 10.0 Å². The Labute approximate surface area is 137 Å². The van der Waals surface area contributed by atoms with Crippen LogP contribution in [0.1, 0.15) is 11.6 Å². The van der Waals surface area contributed by atoms with Gasteiger partial charge in [0.15, 0.2) is 0 Å². The zero-order valence-electron chi connectivity index (χ0n) is 13.6. The summed E-state index contributed by atoms with van der Waals surface area (Å²) in [7, 11) is 1.85. The minimum Gasteiger partial charge on any atom is -0.497 e. The molecule has 0 aliphatic heterocycles. The molecule has 2 rings (SSSR count). The SMILES string of the molecule is COc1ccc(S(=O)(=O)NCC(c2ccccc2)N(C)C)cc1. The van der Waals surface area contributed by atoms with Crippen molar-refractivity contribution in [1.29, 1.82) is 0 Å². The molecule has 0 fully saturated rings. The van der Waals surface area contributed by atoms with Crippen molar-refractivity contribution in [1.82, 2.24) is 9.62 Å². The summed E-state index contributed by atoms with van der Waals surface area (Å²) in [5.41, 5.74) is 1.06. The molecule has 0 amide bonds. The van der Waals surface area contributed by atoms with Crippen molar-refractivity contribution < 1.29 is 13.2 Å². The van der Waals surface area contributed by atoms with Crippen molar-refractivity contribution in [2.24, 2.45) is 0 Å². The van der Waals surface area contributed by atoms with E-state index in [4.69, 9.17) is 4.74 Å². The van der Waals surface area contributed by atoms with Gasteiger partial charge in [-0.25, -0.2) is 13.1 Å². The normalized spacial score (nSPS) is 13.0. The van der Waals surface area contributed by atoms with Gasteiger partial charge in [-0.05, 0) is 43.9 Å². The molecule has 1 atom stereocenters. The molecule has 0 heterocycles. The van der Waals surface area contributed by atoms with Gasteiger partial charge in [0.25, 0.3) is 0 Å². The van der Waals surface area contributed by atoms with Crippen molar-refractivity contribution in [2.45, 2.75) is 10.9 Å². The van der Waals surface area contributed by atoms with Crippen molar-refractivity contribution >= 4 is 10.0 Å². The number of methoxy groups -OCH3 is 1. The lowest BCUT2D eigenvalue weighted by atomic mass is 10.1. The lowest BCUT2D eigenvalue weighted by molar-refractivity contribution is 0.299. The van der Waals surface area contributed by atoms with Crippen LogP contribution in [0.4, 0.5) is 0 Å². The molecule has 2 aromatic carbocycles. The van der Waals surface area contributed by atoms with Crippen LogP contribution >= 0.6 is 0 Å². The molecule has 0 radical (unpaired) electrons.